The number of alkyl halides is 3. The number of amides is 1. The van der Waals surface area contributed by atoms with Crippen molar-refractivity contribution < 1.29 is 9.53 Å². The molecule has 3 N–H and O–H groups in total. The molecule has 0 radical (unpaired) electrons. The maximum absolute atomic E-state index is 11.2. The Morgan fingerprint density at radius 1 is 1.15 bits per heavy atom. The molecule has 1 aromatic rings. The van der Waals surface area contributed by atoms with Gasteiger partial charge in [-0.1, -0.05) is 34.8 Å². The molecule has 1 rings (SSSR count). The fraction of sp³-hybridized carbons (Fsp3) is 0.462. The van der Waals surface area contributed by atoms with E-state index in [1.54, 1.807) is 12.1 Å². The van der Waals surface area contributed by atoms with E-state index in [9.17, 15) is 4.79 Å². The highest BCUT2D eigenvalue weighted by molar-refractivity contribution is 6.76. The summed E-state index contributed by atoms with van der Waals surface area (Å²) in [5.74, 6) is 0.198. The molecule has 112 valence electrons. The Kier molecular flexibility index (Phi) is 7.27. The second-order valence-electron chi connectivity index (χ2n) is 4.23. The van der Waals surface area contributed by atoms with Gasteiger partial charge in [0.15, 0.2) is 0 Å². The number of unbranched alkanes of at least 4 members (excludes halogenated alkanes) is 2. The number of carbonyl (C=O) groups excluding carboxylic acids is 1. The minimum Gasteiger partial charge on any atom is -0.494 e. The highest BCUT2D eigenvalue weighted by Crippen LogP contribution is 2.25. The Labute approximate surface area is 133 Å². The van der Waals surface area contributed by atoms with Crippen LogP contribution >= 0.6 is 34.8 Å². The van der Waals surface area contributed by atoms with Crippen LogP contribution in [0.3, 0.4) is 0 Å². The number of nitrogens with one attached hydrogen (secondary N) is 1. The van der Waals surface area contributed by atoms with Crippen LogP contribution in [0, 0.1) is 0 Å². The van der Waals surface area contributed by atoms with Gasteiger partial charge in [0.1, 0.15) is 5.75 Å². The number of hydrogen-bond acceptors (Lipinski definition) is 3. The molecule has 0 aliphatic heterocycles. The Hall–Kier alpha value is -0.840. The van der Waals surface area contributed by atoms with Crippen molar-refractivity contribution in [2.24, 2.45) is 0 Å². The van der Waals surface area contributed by atoms with E-state index in [-0.39, 0.29) is 0 Å². The van der Waals surface area contributed by atoms with Gasteiger partial charge in [-0.05, 0) is 43.5 Å². The first kappa shape index (κ1) is 17.2. The molecule has 0 aliphatic rings. The van der Waals surface area contributed by atoms with Crippen molar-refractivity contribution in [3.05, 3.63) is 24.3 Å². The molecule has 0 spiro atoms. The van der Waals surface area contributed by atoms with Crippen LogP contribution in [0.15, 0.2) is 24.3 Å². The highest BCUT2D eigenvalue weighted by atomic mass is 35.6. The number of benzene rings is 1. The summed E-state index contributed by atoms with van der Waals surface area (Å²) in [7, 11) is 0. The molecule has 0 aromatic heterocycles. The van der Waals surface area contributed by atoms with E-state index in [1.165, 1.54) is 0 Å². The second-order valence-corrected chi connectivity index (χ2v) is 6.51. The summed E-state index contributed by atoms with van der Waals surface area (Å²) < 4.78 is 3.65. The molecular weight excluding hydrogens is 323 g/mol. The summed E-state index contributed by atoms with van der Waals surface area (Å²) in [4.78, 5) is 11.2. The molecule has 1 aromatic carbocycles. The molecule has 7 heteroatoms. The van der Waals surface area contributed by atoms with Gasteiger partial charge in [0.05, 0.1) is 6.61 Å². The number of nitrogen functional groups attached to an aromatic ring is 1. The molecule has 0 atom stereocenters. The Morgan fingerprint density at radius 2 is 1.80 bits per heavy atom. The monoisotopic (exact) mass is 338 g/mol. The standard InChI is InChI=1S/C13H17Cl3N2O2/c14-13(15,16)12(19)18-8-2-1-3-9-20-11-6-4-10(17)5-7-11/h4-7H,1-3,8-9,17H2,(H,18,19). The molecule has 20 heavy (non-hydrogen) atoms. The topological polar surface area (TPSA) is 64.3 Å². The van der Waals surface area contributed by atoms with E-state index in [1.807, 2.05) is 12.1 Å². The number of anilines is 1. The van der Waals surface area contributed by atoms with E-state index in [0.29, 0.717) is 18.8 Å². The Morgan fingerprint density at radius 3 is 2.40 bits per heavy atom. The van der Waals surface area contributed by atoms with E-state index < -0.39 is 9.70 Å². The van der Waals surface area contributed by atoms with Gasteiger partial charge < -0.3 is 15.8 Å². The molecule has 4 nitrogen and oxygen atoms in total. The van der Waals surface area contributed by atoms with Crippen LogP contribution in [-0.4, -0.2) is 22.9 Å². The van der Waals surface area contributed by atoms with E-state index in [4.69, 9.17) is 45.3 Å². The first-order valence-electron chi connectivity index (χ1n) is 6.23. The summed E-state index contributed by atoms with van der Waals surface area (Å²) >= 11 is 16.2. The third kappa shape index (κ3) is 7.08. The summed E-state index contributed by atoms with van der Waals surface area (Å²) in [6, 6.07) is 7.25. The zero-order valence-electron chi connectivity index (χ0n) is 10.9. The number of hydrogen-bond donors (Lipinski definition) is 2. The van der Waals surface area contributed by atoms with Gasteiger partial charge in [0.2, 0.25) is 0 Å². The molecule has 0 saturated heterocycles. The molecule has 0 fully saturated rings. The number of nitrogens with two attached hydrogens (primary N) is 1. The minimum absolute atomic E-state index is 0.481. The zero-order valence-corrected chi connectivity index (χ0v) is 13.1. The normalized spacial score (nSPS) is 11.2. The summed E-state index contributed by atoms with van der Waals surface area (Å²) in [6.07, 6.45) is 2.60. The van der Waals surface area contributed by atoms with Crippen LogP contribution in [-0.2, 0) is 4.79 Å². The van der Waals surface area contributed by atoms with Gasteiger partial charge in [0.25, 0.3) is 9.70 Å². The Balaban J connectivity index is 2.03. The van der Waals surface area contributed by atoms with Crippen LogP contribution in [0.2, 0.25) is 0 Å². The lowest BCUT2D eigenvalue weighted by Gasteiger charge is -2.11. The molecule has 0 saturated carbocycles. The predicted octanol–water partition coefficient (Wildman–Crippen LogP) is 3.30. The van der Waals surface area contributed by atoms with Crippen molar-refractivity contribution in [1.82, 2.24) is 5.32 Å². The molecule has 0 unspecified atom stereocenters. The fourth-order valence-electron chi connectivity index (χ4n) is 1.46. The summed E-state index contributed by atoms with van der Waals surface area (Å²) in [5.41, 5.74) is 6.28. The zero-order chi connectivity index (χ0) is 15.0. The van der Waals surface area contributed by atoms with Crippen LogP contribution in [0.5, 0.6) is 5.75 Å². The van der Waals surface area contributed by atoms with Crippen LogP contribution in [0.25, 0.3) is 0 Å². The average molecular weight is 340 g/mol. The SMILES string of the molecule is Nc1ccc(OCCCCCNC(=O)C(Cl)(Cl)Cl)cc1. The quantitative estimate of drug-likeness (QED) is 0.455. The predicted molar refractivity (Wildman–Crippen MR) is 83.5 cm³/mol. The maximum Gasteiger partial charge on any atom is 0.272 e. The molecule has 0 bridgehead atoms. The fourth-order valence-corrected chi connectivity index (χ4v) is 1.66. The highest BCUT2D eigenvalue weighted by Gasteiger charge is 2.29. The number of ether oxygens (including phenoxy) is 1. The van der Waals surface area contributed by atoms with Gasteiger partial charge in [-0.2, -0.15) is 0 Å². The van der Waals surface area contributed by atoms with Crippen molar-refractivity contribution in [3.8, 4) is 5.75 Å². The van der Waals surface area contributed by atoms with E-state index in [0.717, 1.165) is 25.0 Å². The summed E-state index contributed by atoms with van der Waals surface area (Å²) in [6.45, 7) is 1.09. The lowest BCUT2D eigenvalue weighted by atomic mass is 10.2. The third-order valence-corrected chi connectivity index (χ3v) is 3.03. The van der Waals surface area contributed by atoms with Crippen molar-refractivity contribution >= 4 is 46.4 Å². The van der Waals surface area contributed by atoms with Crippen molar-refractivity contribution in [3.63, 3.8) is 0 Å². The molecule has 1 amide bonds. The lowest BCUT2D eigenvalue weighted by Crippen LogP contribution is -2.35. The van der Waals surface area contributed by atoms with E-state index in [2.05, 4.69) is 5.32 Å². The lowest BCUT2D eigenvalue weighted by molar-refractivity contribution is -0.120. The van der Waals surface area contributed by atoms with Gasteiger partial charge in [-0.3, -0.25) is 4.79 Å². The van der Waals surface area contributed by atoms with E-state index >= 15 is 0 Å². The number of carbonyl (C=O) groups is 1. The van der Waals surface area contributed by atoms with Gasteiger partial charge in [0, 0.05) is 12.2 Å². The number of halogens is 3. The van der Waals surface area contributed by atoms with Crippen LogP contribution in [0.4, 0.5) is 5.69 Å². The Bertz CT molecular complexity index is 419. The molecular formula is C13H17Cl3N2O2. The second kappa shape index (κ2) is 8.45. The van der Waals surface area contributed by atoms with Crippen LogP contribution in [0.1, 0.15) is 19.3 Å². The smallest absolute Gasteiger partial charge is 0.272 e. The summed E-state index contributed by atoms with van der Waals surface area (Å²) in [5, 5.41) is 2.55. The first-order chi connectivity index (χ1) is 9.39. The van der Waals surface area contributed by atoms with Crippen molar-refractivity contribution in [1.29, 1.82) is 0 Å². The molecule has 0 heterocycles. The van der Waals surface area contributed by atoms with Crippen molar-refractivity contribution in [2.75, 3.05) is 18.9 Å². The largest absolute Gasteiger partial charge is 0.494 e. The van der Waals surface area contributed by atoms with Crippen molar-refractivity contribution in [2.45, 2.75) is 23.1 Å². The van der Waals surface area contributed by atoms with Gasteiger partial charge >= 0.3 is 0 Å². The first-order valence-corrected chi connectivity index (χ1v) is 7.36. The number of rotatable bonds is 7. The third-order valence-electron chi connectivity index (χ3n) is 2.51. The van der Waals surface area contributed by atoms with Gasteiger partial charge in [-0.15, -0.1) is 0 Å². The average Bonchev–Trinajstić information content (AvgIpc) is 2.38. The minimum atomic E-state index is -1.89. The van der Waals surface area contributed by atoms with Crippen LogP contribution < -0.4 is 15.8 Å². The maximum atomic E-state index is 11.2. The molecule has 0 aliphatic carbocycles. The van der Waals surface area contributed by atoms with Gasteiger partial charge in [-0.25, -0.2) is 0 Å².